The Bertz CT molecular complexity index is 352. The molecular formula is C13H19NO2. The Labute approximate surface area is 96.8 Å². The van der Waals surface area contributed by atoms with Crippen LogP contribution in [0.25, 0.3) is 0 Å². The van der Waals surface area contributed by atoms with Gasteiger partial charge in [-0.15, -0.1) is 0 Å². The maximum absolute atomic E-state index is 5.85. The van der Waals surface area contributed by atoms with Crippen molar-refractivity contribution in [1.29, 1.82) is 0 Å². The number of ether oxygens (including phenoxy) is 2. The molecule has 1 aromatic carbocycles. The number of rotatable bonds is 4. The molecule has 3 heteroatoms. The molecule has 88 valence electrons. The van der Waals surface area contributed by atoms with Gasteiger partial charge in [0.2, 0.25) is 0 Å². The number of hydrogen-bond acceptors (Lipinski definition) is 3. The lowest BCUT2D eigenvalue weighted by Crippen LogP contribution is -2.34. The van der Waals surface area contributed by atoms with Crippen molar-refractivity contribution in [1.82, 2.24) is 0 Å². The van der Waals surface area contributed by atoms with Crippen molar-refractivity contribution >= 4 is 5.69 Å². The first-order valence-corrected chi connectivity index (χ1v) is 5.94. The van der Waals surface area contributed by atoms with Crippen molar-refractivity contribution < 1.29 is 9.47 Å². The van der Waals surface area contributed by atoms with Gasteiger partial charge < -0.3 is 14.8 Å². The molecule has 0 spiro atoms. The van der Waals surface area contributed by atoms with Gasteiger partial charge in [0.25, 0.3) is 0 Å². The summed E-state index contributed by atoms with van der Waals surface area (Å²) in [6.45, 7) is 6.36. The second-order valence-electron chi connectivity index (χ2n) is 3.96. The van der Waals surface area contributed by atoms with Crippen molar-refractivity contribution in [2.24, 2.45) is 0 Å². The van der Waals surface area contributed by atoms with Crippen molar-refractivity contribution in [3.8, 4) is 5.75 Å². The Kier molecular flexibility index (Phi) is 3.67. The van der Waals surface area contributed by atoms with Gasteiger partial charge >= 0.3 is 0 Å². The van der Waals surface area contributed by atoms with Crippen LogP contribution in [-0.4, -0.2) is 25.9 Å². The molecule has 0 aromatic heterocycles. The first kappa shape index (κ1) is 11.3. The molecule has 1 N–H and O–H groups in total. The Hall–Kier alpha value is -1.22. The smallest absolute Gasteiger partial charge is 0.143 e. The minimum atomic E-state index is 0.125. The average Bonchev–Trinajstić information content (AvgIpc) is 2.35. The van der Waals surface area contributed by atoms with Crippen LogP contribution in [0.5, 0.6) is 5.75 Å². The number of benzene rings is 1. The summed E-state index contributed by atoms with van der Waals surface area (Å²) in [5, 5.41) is 3.39. The lowest BCUT2D eigenvalue weighted by Gasteiger charge is -2.27. The zero-order valence-corrected chi connectivity index (χ0v) is 9.95. The second kappa shape index (κ2) is 5.21. The normalized spacial score (nSPS) is 18.5. The van der Waals surface area contributed by atoms with E-state index in [1.54, 1.807) is 0 Å². The molecule has 0 amide bonds. The standard InChI is InChI=1S/C13H19NO2/c1-3-10-5-6-13-12(7-10)14-8-11(16-13)9-15-4-2/h5-7,11,14H,3-4,8-9H2,1-2H3. The molecule has 0 aliphatic carbocycles. The fourth-order valence-corrected chi connectivity index (χ4v) is 1.83. The highest BCUT2D eigenvalue weighted by atomic mass is 16.5. The molecule has 0 fully saturated rings. The SMILES string of the molecule is CCOCC1CNc2cc(CC)ccc2O1. The molecule has 0 saturated carbocycles. The van der Waals surface area contributed by atoms with E-state index in [1.807, 2.05) is 13.0 Å². The van der Waals surface area contributed by atoms with Gasteiger partial charge in [0.05, 0.1) is 18.8 Å². The highest BCUT2D eigenvalue weighted by Crippen LogP contribution is 2.30. The Morgan fingerprint density at radius 1 is 1.44 bits per heavy atom. The maximum atomic E-state index is 5.85. The van der Waals surface area contributed by atoms with E-state index in [2.05, 4.69) is 24.4 Å². The summed E-state index contributed by atoms with van der Waals surface area (Å²) in [6, 6.07) is 6.31. The summed E-state index contributed by atoms with van der Waals surface area (Å²) in [6.07, 6.45) is 1.18. The fourth-order valence-electron chi connectivity index (χ4n) is 1.83. The summed E-state index contributed by atoms with van der Waals surface area (Å²) in [5.41, 5.74) is 2.44. The molecule has 1 aliphatic rings. The molecule has 16 heavy (non-hydrogen) atoms. The number of fused-ring (bicyclic) bond motifs is 1. The number of anilines is 1. The number of hydrogen-bond donors (Lipinski definition) is 1. The van der Waals surface area contributed by atoms with Crippen molar-refractivity contribution in [2.75, 3.05) is 25.1 Å². The van der Waals surface area contributed by atoms with Crippen LogP contribution in [0, 0.1) is 0 Å². The van der Waals surface area contributed by atoms with Crippen LogP contribution in [0.4, 0.5) is 5.69 Å². The van der Waals surface area contributed by atoms with Crippen LogP contribution in [0.2, 0.25) is 0 Å². The van der Waals surface area contributed by atoms with Gasteiger partial charge in [-0.2, -0.15) is 0 Å². The van der Waals surface area contributed by atoms with Crippen LogP contribution >= 0.6 is 0 Å². The predicted octanol–water partition coefficient (Wildman–Crippen LogP) is 2.46. The molecule has 3 nitrogen and oxygen atoms in total. The number of aryl methyl sites for hydroxylation is 1. The van der Waals surface area contributed by atoms with Crippen LogP contribution in [0.15, 0.2) is 18.2 Å². The van der Waals surface area contributed by atoms with Gasteiger partial charge in [-0.3, -0.25) is 0 Å². The zero-order valence-electron chi connectivity index (χ0n) is 9.95. The van der Waals surface area contributed by atoms with E-state index in [4.69, 9.17) is 9.47 Å². The second-order valence-corrected chi connectivity index (χ2v) is 3.96. The van der Waals surface area contributed by atoms with Gasteiger partial charge in [-0.05, 0) is 31.0 Å². The molecular weight excluding hydrogens is 202 g/mol. The first-order chi connectivity index (χ1) is 7.83. The van der Waals surface area contributed by atoms with E-state index in [0.29, 0.717) is 6.61 Å². The average molecular weight is 221 g/mol. The van der Waals surface area contributed by atoms with Crippen LogP contribution in [-0.2, 0) is 11.2 Å². The Morgan fingerprint density at radius 2 is 2.31 bits per heavy atom. The summed E-state index contributed by atoms with van der Waals surface area (Å²) in [7, 11) is 0. The maximum Gasteiger partial charge on any atom is 0.143 e. The topological polar surface area (TPSA) is 30.5 Å². The van der Waals surface area contributed by atoms with Crippen LogP contribution < -0.4 is 10.1 Å². The Morgan fingerprint density at radius 3 is 3.06 bits per heavy atom. The molecule has 1 atom stereocenters. The third-order valence-electron chi connectivity index (χ3n) is 2.77. The van der Waals surface area contributed by atoms with Crippen molar-refractivity contribution in [3.05, 3.63) is 23.8 Å². The largest absolute Gasteiger partial charge is 0.484 e. The summed E-state index contributed by atoms with van der Waals surface area (Å²) >= 11 is 0. The van der Waals surface area contributed by atoms with Gasteiger partial charge in [0.15, 0.2) is 0 Å². The minimum absolute atomic E-state index is 0.125. The van der Waals surface area contributed by atoms with Crippen molar-refractivity contribution in [2.45, 2.75) is 26.4 Å². The van der Waals surface area contributed by atoms with Gasteiger partial charge in [-0.25, -0.2) is 0 Å². The van der Waals surface area contributed by atoms with Crippen LogP contribution in [0.1, 0.15) is 19.4 Å². The lowest BCUT2D eigenvalue weighted by molar-refractivity contribution is 0.0599. The molecule has 1 heterocycles. The first-order valence-electron chi connectivity index (χ1n) is 5.94. The highest BCUT2D eigenvalue weighted by molar-refractivity contribution is 5.59. The van der Waals surface area contributed by atoms with E-state index in [9.17, 15) is 0 Å². The van der Waals surface area contributed by atoms with E-state index in [1.165, 1.54) is 5.56 Å². The summed E-state index contributed by atoms with van der Waals surface area (Å²) < 4.78 is 11.2. The zero-order chi connectivity index (χ0) is 11.4. The molecule has 0 bridgehead atoms. The quantitative estimate of drug-likeness (QED) is 0.847. The molecule has 2 rings (SSSR count). The molecule has 1 aliphatic heterocycles. The van der Waals surface area contributed by atoms with E-state index >= 15 is 0 Å². The highest BCUT2D eigenvalue weighted by Gasteiger charge is 2.19. The summed E-state index contributed by atoms with van der Waals surface area (Å²) in [4.78, 5) is 0. The van der Waals surface area contributed by atoms with Crippen LogP contribution in [0.3, 0.4) is 0 Å². The third kappa shape index (κ3) is 2.47. The molecule has 0 radical (unpaired) electrons. The molecule has 0 saturated heterocycles. The monoisotopic (exact) mass is 221 g/mol. The predicted molar refractivity (Wildman–Crippen MR) is 65.2 cm³/mol. The third-order valence-corrected chi connectivity index (χ3v) is 2.77. The van der Waals surface area contributed by atoms with Gasteiger partial charge in [0, 0.05) is 6.61 Å². The van der Waals surface area contributed by atoms with E-state index in [-0.39, 0.29) is 6.10 Å². The number of nitrogens with one attached hydrogen (secondary N) is 1. The van der Waals surface area contributed by atoms with E-state index < -0.39 is 0 Å². The lowest BCUT2D eigenvalue weighted by atomic mass is 10.1. The molecule has 1 aromatic rings. The Balaban J connectivity index is 2.04. The van der Waals surface area contributed by atoms with Crippen molar-refractivity contribution in [3.63, 3.8) is 0 Å². The summed E-state index contributed by atoms with van der Waals surface area (Å²) in [5.74, 6) is 0.938. The van der Waals surface area contributed by atoms with E-state index in [0.717, 1.165) is 31.0 Å². The molecule has 1 unspecified atom stereocenters. The van der Waals surface area contributed by atoms with Gasteiger partial charge in [0.1, 0.15) is 11.9 Å². The fraction of sp³-hybridized carbons (Fsp3) is 0.538. The minimum Gasteiger partial charge on any atom is -0.484 e. The van der Waals surface area contributed by atoms with Gasteiger partial charge in [-0.1, -0.05) is 13.0 Å².